The molecule has 1 aromatic carbocycles. The monoisotopic (exact) mass is 326 g/mol. The number of rotatable bonds is 5. The number of hydrogen-bond donors (Lipinski definition) is 2. The first kappa shape index (κ1) is 15.6. The second-order valence-corrected chi connectivity index (χ2v) is 6.71. The van der Waals surface area contributed by atoms with Gasteiger partial charge in [-0.3, -0.25) is 4.79 Å². The van der Waals surface area contributed by atoms with Crippen molar-refractivity contribution in [3.8, 4) is 0 Å². The van der Waals surface area contributed by atoms with Crippen LogP contribution >= 0.6 is 11.8 Å². The van der Waals surface area contributed by atoms with Crippen molar-refractivity contribution in [3.63, 3.8) is 0 Å². The van der Waals surface area contributed by atoms with Gasteiger partial charge in [0, 0.05) is 10.6 Å². The van der Waals surface area contributed by atoms with Gasteiger partial charge in [0.05, 0.1) is 0 Å². The minimum Gasteiger partial charge on any atom is -0.438 e. The van der Waals surface area contributed by atoms with Crippen molar-refractivity contribution in [3.05, 3.63) is 42.2 Å². The summed E-state index contributed by atoms with van der Waals surface area (Å²) in [5.41, 5.74) is 0.612. The fourth-order valence-corrected chi connectivity index (χ4v) is 2.69. The van der Waals surface area contributed by atoms with Gasteiger partial charge in [-0.1, -0.05) is 6.07 Å². The first-order valence-electron chi connectivity index (χ1n) is 5.95. The molecule has 0 unspecified atom stereocenters. The fraction of sp³-hybridized carbons (Fsp3) is 0.154. The van der Waals surface area contributed by atoms with E-state index < -0.39 is 15.9 Å². The van der Waals surface area contributed by atoms with Crippen LogP contribution in [0.3, 0.4) is 0 Å². The number of carbonyl (C=O) groups excluding carboxylic acids is 1. The zero-order chi connectivity index (χ0) is 15.5. The van der Waals surface area contributed by atoms with Crippen molar-refractivity contribution in [2.24, 2.45) is 0 Å². The molecule has 0 radical (unpaired) electrons. The molecule has 1 amide bonds. The Kier molecular flexibility index (Phi) is 4.71. The van der Waals surface area contributed by atoms with Gasteiger partial charge in [0.2, 0.25) is 5.09 Å². The molecule has 6 nitrogen and oxygen atoms in total. The highest BCUT2D eigenvalue weighted by atomic mass is 32.2. The van der Waals surface area contributed by atoms with E-state index in [1.807, 2.05) is 24.5 Å². The molecule has 0 bridgehead atoms. The van der Waals surface area contributed by atoms with Crippen molar-refractivity contribution >= 4 is 33.4 Å². The number of hydrogen-bond acceptors (Lipinski definition) is 5. The minimum absolute atomic E-state index is 0.0709. The van der Waals surface area contributed by atoms with Gasteiger partial charge in [-0.05, 0) is 43.6 Å². The molecule has 0 aliphatic rings. The molecule has 21 heavy (non-hydrogen) atoms. The van der Waals surface area contributed by atoms with E-state index in [1.165, 1.54) is 19.2 Å². The molecule has 0 fully saturated rings. The van der Waals surface area contributed by atoms with Gasteiger partial charge in [0.1, 0.15) is 0 Å². The molecule has 1 heterocycles. The van der Waals surface area contributed by atoms with Gasteiger partial charge in [0.25, 0.3) is 15.9 Å². The number of furan rings is 1. The third-order valence-electron chi connectivity index (χ3n) is 2.67. The topological polar surface area (TPSA) is 88.4 Å². The Morgan fingerprint density at radius 1 is 1.24 bits per heavy atom. The summed E-state index contributed by atoms with van der Waals surface area (Å²) in [6.45, 7) is 0. The average Bonchev–Trinajstić information content (AvgIpc) is 2.98. The molecule has 1 aromatic heterocycles. The Hall–Kier alpha value is -1.77. The number of carbonyl (C=O) groups is 1. The maximum atomic E-state index is 12.0. The van der Waals surface area contributed by atoms with E-state index in [9.17, 15) is 13.2 Å². The summed E-state index contributed by atoms with van der Waals surface area (Å²) in [5, 5.41) is 2.36. The Bertz CT molecular complexity index is 753. The van der Waals surface area contributed by atoms with Crippen LogP contribution in [-0.4, -0.2) is 27.6 Å². The first-order chi connectivity index (χ1) is 9.96. The molecule has 0 saturated heterocycles. The number of benzene rings is 1. The smallest absolute Gasteiger partial charge is 0.291 e. The van der Waals surface area contributed by atoms with Crippen molar-refractivity contribution in [1.82, 2.24) is 4.72 Å². The maximum Gasteiger partial charge on any atom is 0.291 e. The zero-order valence-corrected chi connectivity index (χ0v) is 13.0. The second-order valence-electron chi connectivity index (χ2n) is 4.01. The summed E-state index contributed by atoms with van der Waals surface area (Å²) in [6, 6.07) is 9.85. The van der Waals surface area contributed by atoms with Crippen LogP contribution in [0.4, 0.5) is 5.69 Å². The molecular formula is C13H14N2O4S2. The molecular weight excluding hydrogens is 312 g/mol. The second kappa shape index (κ2) is 6.33. The third kappa shape index (κ3) is 3.66. The van der Waals surface area contributed by atoms with Gasteiger partial charge >= 0.3 is 0 Å². The van der Waals surface area contributed by atoms with Crippen LogP contribution in [-0.2, 0) is 10.0 Å². The standard InChI is InChI=1S/C13H14N2O4S2/c1-14-21(17,18)12-7-6-11(19-12)13(16)15-9-4-3-5-10(8-9)20-2/h3-8,14H,1-2H3,(H,15,16). The molecule has 2 rings (SSSR count). The minimum atomic E-state index is -3.69. The summed E-state index contributed by atoms with van der Waals surface area (Å²) < 4.78 is 30.3. The van der Waals surface area contributed by atoms with Crippen LogP contribution in [0.1, 0.15) is 10.6 Å². The van der Waals surface area contributed by atoms with Crippen LogP contribution in [0.25, 0.3) is 0 Å². The van der Waals surface area contributed by atoms with E-state index >= 15 is 0 Å². The number of nitrogens with one attached hydrogen (secondary N) is 2. The highest BCUT2D eigenvalue weighted by Gasteiger charge is 2.19. The lowest BCUT2D eigenvalue weighted by Gasteiger charge is -2.04. The highest BCUT2D eigenvalue weighted by molar-refractivity contribution is 7.98. The Morgan fingerprint density at radius 3 is 2.67 bits per heavy atom. The predicted octanol–water partition coefficient (Wildman–Crippen LogP) is 2.16. The van der Waals surface area contributed by atoms with E-state index in [2.05, 4.69) is 10.0 Å². The Labute approximate surface area is 127 Å². The largest absolute Gasteiger partial charge is 0.438 e. The van der Waals surface area contributed by atoms with Gasteiger partial charge in [-0.2, -0.15) is 0 Å². The molecule has 2 N–H and O–H groups in total. The van der Waals surface area contributed by atoms with Crippen LogP contribution in [0.15, 0.2) is 50.8 Å². The molecule has 2 aromatic rings. The lowest BCUT2D eigenvalue weighted by Crippen LogP contribution is -2.18. The Morgan fingerprint density at radius 2 is 2.00 bits per heavy atom. The summed E-state index contributed by atoms with van der Waals surface area (Å²) >= 11 is 1.55. The van der Waals surface area contributed by atoms with Gasteiger partial charge in [0.15, 0.2) is 5.76 Å². The lowest BCUT2D eigenvalue weighted by molar-refractivity contribution is 0.0991. The summed E-state index contributed by atoms with van der Waals surface area (Å²) in [7, 11) is -2.43. The number of sulfonamides is 1. The lowest BCUT2D eigenvalue weighted by atomic mass is 10.3. The molecule has 0 atom stereocenters. The molecule has 0 aliphatic carbocycles. The number of thioether (sulfide) groups is 1. The van der Waals surface area contributed by atoms with Crippen molar-refractivity contribution in [1.29, 1.82) is 0 Å². The van der Waals surface area contributed by atoms with Gasteiger partial charge in [-0.25, -0.2) is 13.1 Å². The van der Waals surface area contributed by atoms with Gasteiger partial charge in [-0.15, -0.1) is 11.8 Å². The normalized spacial score (nSPS) is 11.3. The van der Waals surface area contributed by atoms with Crippen LogP contribution in [0, 0.1) is 0 Å². The molecule has 0 spiro atoms. The molecule has 8 heteroatoms. The van der Waals surface area contributed by atoms with Crippen molar-refractivity contribution in [2.75, 3.05) is 18.6 Å². The predicted molar refractivity (Wildman–Crippen MR) is 81.1 cm³/mol. The highest BCUT2D eigenvalue weighted by Crippen LogP contribution is 2.20. The third-order valence-corrected chi connectivity index (χ3v) is 4.68. The van der Waals surface area contributed by atoms with Crippen LogP contribution < -0.4 is 10.0 Å². The molecule has 112 valence electrons. The van der Waals surface area contributed by atoms with Crippen molar-refractivity contribution < 1.29 is 17.6 Å². The summed E-state index contributed by atoms with van der Waals surface area (Å²) in [6.07, 6.45) is 1.93. The summed E-state index contributed by atoms with van der Waals surface area (Å²) in [5.74, 6) is -0.579. The average molecular weight is 326 g/mol. The van der Waals surface area contributed by atoms with E-state index in [-0.39, 0.29) is 10.9 Å². The quantitative estimate of drug-likeness (QED) is 0.822. The number of anilines is 1. The Balaban J connectivity index is 2.17. The van der Waals surface area contributed by atoms with E-state index in [0.29, 0.717) is 5.69 Å². The first-order valence-corrected chi connectivity index (χ1v) is 8.66. The number of amides is 1. The van der Waals surface area contributed by atoms with E-state index in [0.717, 1.165) is 4.90 Å². The van der Waals surface area contributed by atoms with E-state index in [4.69, 9.17) is 4.42 Å². The van der Waals surface area contributed by atoms with Crippen LogP contribution in [0.5, 0.6) is 0 Å². The molecule has 0 aliphatic heterocycles. The zero-order valence-electron chi connectivity index (χ0n) is 11.4. The van der Waals surface area contributed by atoms with E-state index in [1.54, 1.807) is 17.8 Å². The molecule has 0 saturated carbocycles. The van der Waals surface area contributed by atoms with Crippen LogP contribution in [0.2, 0.25) is 0 Å². The van der Waals surface area contributed by atoms with Gasteiger partial charge < -0.3 is 9.73 Å². The summed E-state index contributed by atoms with van der Waals surface area (Å²) in [4.78, 5) is 13.0. The maximum absolute atomic E-state index is 12.0. The van der Waals surface area contributed by atoms with Crippen molar-refractivity contribution in [2.45, 2.75) is 9.99 Å². The SMILES string of the molecule is CNS(=O)(=O)c1ccc(C(=O)Nc2cccc(SC)c2)o1. The fourth-order valence-electron chi connectivity index (χ4n) is 1.58.